The molecule has 0 radical (unpaired) electrons. The maximum atomic E-state index is 5.67. The summed E-state index contributed by atoms with van der Waals surface area (Å²) in [5.74, 6) is 0. The van der Waals surface area contributed by atoms with Crippen molar-refractivity contribution in [3.63, 3.8) is 0 Å². The Morgan fingerprint density at radius 2 is 2.28 bits per heavy atom. The van der Waals surface area contributed by atoms with Crippen LogP contribution in [0.15, 0.2) is 12.1 Å². The van der Waals surface area contributed by atoms with Gasteiger partial charge in [0.05, 0.1) is 6.10 Å². The van der Waals surface area contributed by atoms with E-state index in [1.54, 1.807) is 0 Å². The van der Waals surface area contributed by atoms with Crippen LogP contribution in [0.2, 0.25) is 0 Å². The normalized spacial score (nSPS) is 19.8. The Labute approximate surface area is 114 Å². The lowest BCUT2D eigenvalue weighted by atomic mass is 10.2. The number of nitrogens with one attached hydrogen (secondary N) is 1. The fraction of sp³-hybridized carbons (Fsp3) is 0.714. The molecule has 102 valence electrons. The van der Waals surface area contributed by atoms with Crippen molar-refractivity contribution in [2.45, 2.75) is 39.0 Å². The van der Waals surface area contributed by atoms with E-state index in [1.165, 1.54) is 22.6 Å². The smallest absolute Gasteiger partial charge is 0.0702 e. The first-order valence-corrected chi connectivity index (χ1v) is 7.68. The van der Waals surface area contributed by atoms with E-state index < -0.39 is 0 Å². The van der Waals surface area contributed by atoms with Gasteiger partial charge in [-0.2, -0.15) is 0 Å². The Bertz CT molecular complexity index is 347. The molecule has 3 nitrogen and oxygen atoms in total. The molecule has 0 bridgehead atoms. The molecule has 0 amide bonds. The van der Waals surface area contributed by atoms with Crippen molar-refractivity contribution >= 4 is 11.3 Å². The molecule has 2 heterocycles. The Kier molecular flexibility index (Phi) is 5.63. The zero-order valence-electron chi connectivity index (χ0n) is 11.4. The Hall–Kier alpha value is -0.420. The third-order valence-corrected chi connectivity index (χ3v) is 4.30. The molecule has 1 aliphatic heterocycles. The van der Waals surface area contributed by atoms with Gasteiger partial charge in [0.2, 0.25) is 0 Å². The van der Waals surface area contributed by atoms with E-state index in [9.17, 15) is 0 Å². The van der Waals surface area contributed by atoms with Gasteiger partial charge in [0, 0.05) is 36.0 Å². The van der Waals surface area contributed by atoms with Gasteiger partial charge in [0.1, 0.15) is 0 Å². The van der Waals surface area contributed by atoms with Gasteiger partial charge in [-0.05, 0) is 38.6 Å². The quantitative estimate of drug-likeness (QED) is 0.822. The zero-order valence-corrected chi connectivity index (χ0v) is 12.3. The van der Waals surface area contributed by atoms with Crippen molar-refractivity contribution in [3.05, 3.63) is 21.9 Å². The number of hydrogen-bond donors (Lipinski definition) is 1. The molecule has 1 fully saturated rings. The summed E-state index contributed by atoms with van der Waals surface area (Å²) in [6, 6.07) is 4.49. The average Bonchev–Trinajstić information content (AvgIpc) is 2.98. The van der Waals surface area contributed by atoms with Crippen LogP contribution in [0.5, 0.6) is 0 Å². The van der Waals surface area contributed by atoms with Crippen LogP contribution in [-0.2, 0) is 17.8 Å². The molecule has 1 atom stereocenters. The second-order valence-corrected chi connectivity index (χ2v) is 6.23. The minimum absolute atomic E-state index is 0.455. The van der Waals surface area contributed by atoms with E-state index in [2.05, 4.69) is 36.3 Å². The molecule has 2 rings (SSSR count). The fourth-order valence-corrected chi connectivity index (χ4v) is 3.39. The molecule has 1 saturated heterocycles. The van der Waals surface area contributed by atoms with E-state index in [0.717, 1.165) is 32.8 Å². The standard InChI is InChI=1S/C14H24N2OS/c1-3-15-9-13-6-7-14(18-13)11-16(2)10-12-5-4-8-17-12/h6-7,12,15H,3-5,8-11H2,1-2H3. The minimum Gasteiger partial charge on any atom is -0.377 e. The van der Waals surface area contributed by atoms with E-state index in [0.29, 0.717) is 6.10 Å². The van der Waals surface area contributed by atoms with Gasteiger partial charge in [-0.25, -0.2) is 0 Å². The van der Waals surface area contributed by atoms with Crippen LogP contribution < -0.4 is 5.32 Å². The number of hydrogen-bond acceptors (Lipinski definition) is 4. The van der Waals surface area contributed by atoms with Gasteiger partial charge in [-0.1, -0.05) is 6.92 Å². The Morgan fingerprint density at radius 1 is 1.44 bits per heavy atom. The molecule has 4 heteroatoms. The minimum atomic E-state index is 0.455. The highest BCUT2D eigenvalue weighted by Crippen LogP contribution is 2.19. The molecule has 1 N–H and O–H groups in total. The third kappa shape index (κ3) is 4.35. The van der Waals surface area contributed by atoms with Crippen LogP contribution in [0.25, 0.3) is 0 Å². The highest BCUT2D eigenvalue weighted by Gasteiger charge is 2.17. The molecule has 1 aliphatic rings. The summed E-state index contributed by atoms with van der Waals surface area (Å²) in [6.45, 7) is 7.22. The lowest BCUT2D eigenvalue weighted by Crippen LogP contribution is -2.27. The second-order valence-electron chi connectivity index (χ2n) is 4.98. The molecule has 0 aromatic carbocycles. The highest BCUT2D eigenvalue weighted by molar-refractivity contribution is 7.11. The number of thiophene rings is 1. The van der Waals surface area contributed by atoms with Crippen molar-refractivity contribution < 1.29 is 4.74 Å². The fourth-order valence-electron chi connectivity index (χ4n) is 2.32. The summed E-state index contributed by atoms with van der Waals surface area (Å²) >= 11 is 1.91. The number of likely N-dealkylation sites (N-methyl/N-ethyl adjacent to an activating group) is 1. The molecule has 0 spiro atoms. The van der Waals surface area contributed by atoms with Crippen molar-refractivity contribution in [3.8, 4) is 0 Å². The predicted molar refractivity (Wildman–Crippen MR) is 77.0 cm³/mol. The van der Waals surface area contributed by atoms with Crippen LogP contribution in [0, 0.1) is 0 Å². The third-order valence-electron chi connectivity index (χ3n) is 3.23. The topological polar surface area (TPSA) is 24.5 Å². The Balaban J connectivity index is 1.75. The summed E-state index contributed by atoms with van der Waals surface area (Å²) in [4.78, 5) is 5.25. The highest BCUT2D eigenvalue weighted by atomic mass is 32.1. The summed E-state index contributed by atoms with van der Waals surface area (Å²) in [6.07, 6.45) is 2.90. The van der Waals surface area contributed by atoms with Crippen LogP contribution >= 0.6 is 11.3 Å². The largest absolute Gasteiger partial charge is 0.377 e. The van der Waals surface area contributed by atoms with Gasteiger partial charge in [-0.3, -0.25) is 4.90 Å². The van der Waals surface area contributed by atoms with Crippen molar-refractivity contribution in [2.75, 3.05) is 26.7 Å². The lowest BCUT2D eigenvalue weighted by Gasteiger charge is -2.19. The van der Waals surface area contributed by atoms with Crippen molar-refractivity contribution in [1.82, 2.24) is 10.2 Å². The monoisotopic (exact) mass is 268 g/mol. The van der Waals surface area contributed by atoms with Crippen LogP contribution in [-0.4, -0.2) is 37.7 Å². The van der Waals surface area contributed by atoms with E-state index in [4.69, 9.17) is 4.74 Å². The van der Waals surface area contributed by atoms with Gasteiger partial charge in [0.25, 0.3) is 0 Å². The van der Waals surface area contributed by atoms with Crippen LogP contribution in [0.4, 0.5) is 0 Å². The molecule has 1 aromatic heterocycles. The first kappa shape index (κ1) is 14.0. The van der Waals surface area contributed by atoms with Gasteiger partial charge in [0.15, 0.2) is 0 Å². The maximum Gasteiger partial charge on any atom is 0.0702 e. The van der Waals surface area contributed by atoms with E-state index in [-0.39, 0.29) is 0 Å². The van der Waals surface area contributed by atoms with Crippen LogP contribution in [0.3, 0.4) is 0 Å². The van der Waals surface area contributed by atoms with Gasteiger partial charge < -0.3 is 10.1 Å². The number of nitrogens with zero attached hydrogens (tertiary/aromatic N) is 1. The average molecular weight is 268 g/mol. The van der Waals surface area contributed by atoms with E-state index in [1.807, 2.05) is 11.3 Å². The van der Waals surface area contributed by atoms with Gasteiger partial charge >= 0.3 is 0 Å². The Morgan fingerprint density at radius 3 is 3.00 bits per heavy atom. The zero-order chi connectivity index (χ0) is 12.8. The number of ether oxygens (including phenoxy) is 1. The molecular formula is C14H24N2OS. The summed E-state index contributed by atoms with van der Waals surface area (Å²) in [5.41, 5.74) is 0. The SMILES string of the molecule is CCNCc1ccc(CN(C)CC2CCCO2)s1. The molecule has 0 aliphatic carbocycles. The first-order chi connectivity index (χ1) is 8.78. The second kappa shape index (κ2) is 7.24. The summed E-state index contributed by atoms with van der Waals surface area (Å²) < 4.78 is 5.67. The van der Waals surface area contributed by atoms with E-state index >= 15 is 0 Å². The summed E-state index contributed by atoms with van der Waals surface area (Å²) in [7, 11) is 2.19. The van der Waals surface area contributed by atoms with Crippen molar-refractivity contribution in [1.29, 1.82) is 0 Å². The van der Waals surface area contributed by atoms with Crippen molar-refractivity contribution in [2.24, 2.45) is 0 Å². The molecule has 18 heavy (non-hydrogen) atoms. The van der Waals surface area contributed by atoms with Gasteiger partial charge in [-0.15, -0.1) is 11.3 Å². The molecule has 0 saturated carbocycles. The molecule has 1 unspecified atom stereocenters. The number of rotatable bonds is 7. The van der Waals surface area contributed by atoms with Crippen LogP contribution in [0.1, 0.15) is 29.5 Å². The predicted octanol–water partition coefficient (Wildman–Crippen LogP) is 2.47. The summed E-state index contributed by atoms with van der Waals surface area (Å²) in [5, 5.41) is 3.37. The first-order valence-electron chi connectivity index (χ1n) is 6.86. The maximum absolute atomic E-state index is 5.67. The molecule has 1 aromatic rings. The molecular weight excluding hydrogens is 244 g/mol. The lowest BCUT2D eigenvalue weighted by molar-refractivity contribution is 0.0796.